The van der Waals surface area contributed by atoms with Crippen LogP contribution in [-0.2, 0) is 9.84 Å². The largest absolute Gasteiger partial charge is 0.384 e. The van der Waals surface area contributed by atoms with Gasteiger partial charge in [0.1, 0.15) is 0 Å². The summed E-state index contributed by atoms with van der Waals surface area (Å²) in [6, 6.07) is 7.22. The second kappa shape index (κ2) is 5.27. The van der Waals surface area contributed by atoms with Crippen molar-refractivity contribution in [1.82, 2.24) is 0 Å². The van der Waals surface area contributed by atoms with Crippen LogP contribution in [0.5, 0.6) is 0 Å². The Bertz CT molecular complexity index is 478. The van der Waals surface area contributed by atoms with Crippen LogP contribution in [0.1, 0.15) is 20.8 Å². The van der Waals surface area contributed by atoms with Crippen molar-refractivity contribution in [1.29, 1.82) is 0 Å². The lowest BCUT2D eigenvalue weighted by molar-refractivity contribution is 0.560. The van der Waals surface area contributed by atoms with Crippen molar-refractivity contribution in [2.75, 3.05) is 17.6 Å². The van der Waals surface area contributed by atoms with Crippen LogP contribution in [0.15, 0.2) is 24.3 Å². The Morgan fingerprint density at radius 3 is 2.47 bits per heavy atom. The van der Waals surface area contributed by atoms with Crippen LogP contribution in [0.2, 0.25) is 5.02 Å². The van der Waals surface area contributed by atoms with Crippen molar-refractivity contribution in [3.63, 3.8) is 0 Å². The van der Waals surface area contributed by atoms with E-state index in [1.54, 1.807) is 32.9 Å². The van der Waals surface area contributed by atoms with Gasteiger partial charge in [0, 0.05) is 17.3 Å². The highest BCUT2D eigenvalue weighted by molar-refractivity contribution is 7.92. The normalized spacial score (nSPS) is 12.5. The zero-order valence-corrected chi connectivity index (χ0v) is 11.9. The molecule has 17 heavy (non-hydrogen) atoms. The lowest BCUT2D eigenvalue weighted by atomic mass is 10.3. The van der Waals surface area contributed by atoms with Gasteiger partial charge in [-0.15, -0.1) is 0 Å². The van der Waals surface area contributed by atoms with Gasteiger partial charge in [-0.2, -0.15) is 0 Å². The zero-order chi connectivity index (χ0) is 13.1. The van der Waals surface area contributed by atoms with Crippen molar-refractivity contribution >= 4 is 27.1 Å². The van der Waals surface area contributed by atoms with Crippen molar-refractivity contribution in [3.05, 3.63) is 29.3 Å². The Morgan fingerprint density at radius 1 is 1.29 bits per heavy atom. The first-order valence-electron chi connectivity index (χ1n) is 5.44. The lowest BCUT2D eigenvalue weighted by Crippen LogP contribution is -2.32. The SMILES string of the molecule is CC(C)(C)S(=O)(=O)CCNc1cccc(Cl)c1. The fourth-order valence-corrected chi connectivity index (χ4v) is 2.41. The molecule has 0 saturated carbocycles. The molecular formula is C12H18ClNO2S. The number of halogens is 1. The minimum atomic E-state index is -3.07. The van der Waals surface area contributed by atoms with Crippen LogP contribution in [0.3, 0.4) is 0 Å². The molecule has 0 aliphatic carbocycles. The molecule has 0 unspecified atom stereocenters. The molecule has 3 nitrogen and oxygen atoms in total. The van der Waals surface area contributed by atoms with Crippen LogP contribution in [0.25, 0.3) is 0 Å². The van der Waals surface area contributed by atoms with Gasteiger partial charge in [-0.1, -0.05) is 17.7 Å². The number of hydrogen-bond donors (Lipinski definition) is 1. The fraction of sp³-hybridized carbons (Fsp3) is 0.500. The molecule has 0 radical (unpaired) electrons. The van der Waals surface area contributed by atoms with Crippen molar-refractivity contribution < 1.29 is 8.42 Å². The average Bonchev–Trinajstić information content (AvgIpc) is 2.15. The molecule has 0 saturated heterocycles. The highest BCUT2D eigenvalue weighted by Crippen LogP contribution is 2.17. The van der Waals surface area contributed by atoms with Crippen LogP contribution in [0.4, 0.5) is 5.69 Å². The monoisotopic (exact) mass is 275 g/mol. The van der Waals surface area contributed by atoms with Gasteiger partial charge in [0.05, 0.1) is 10.5 Å². The summed E-state index contributed by atoms with van der Waals surface area (Å²) in [4.78, 5) is 0. The molecule has 0 aliphatic heterocycles. The third-order valence-corrected chi connectivity index (χ3v) is 5.30. The highest BCUT2D eigenvalue weighted by atomic mass is 35.5. The fourth-order valence-electron chi connectivity index (χ4n) is 1.23. The first kappa shape index (κ1) is 14.3. The summed E-state index contributed by atoms with van der Waals surface area (Å²) in [6.45, 7) is 5.52. The summed E-state index contributed by atoms with van der Waals surface area (Å²) in [5.41, 5.74) is 0.835. The molecule has 0 atom stereocenters. The lowest BCUT2D eigenvalue weighted by Gasteiger charge is -2.19. The van der Waals surface area contributed by atoms with Crippen LogP contribution < -0.4 is 5.32 Å². The number of hydrogen-bond acceptors (Lipinski definition) is 3. The third kappa shape index (κ3) is 4.21. The predicted octanol–water partition coefficient (Wildman–Crippen LogP) is 2.97. The average molecular weight is 276 g/mol. The van der Waals surface area contributed by atoms with E-state index >= 15 is 0 Å². The van der Waals surface area contributed by atoms with E-state index in [0.717, 1.165) is 5.69 Å². The smallest absolute Gasteiger partial charge is 0.156 e. The Hall–Kier alpha value is -0.740. The van der Waals surface area contributed by atoms with Gasteiger partial charge in [0.2, 0.25) is 0 Å². The quantitative estimate of drug-likeness (QED) is 0.919. The van der Waals surface area contributed by atoms with E-state index in [1.807, 2.05) is 12.1 Å². The molecule has 1 N–H and O–H groups in total. The zero-order valence-electron chi connectivity index (χ0n) is 10.3. The molecule has 0 amide bonds. The summed E-state index contributed by atoms with van der Waals surface area (Å²) >= 11 is 5.83. The Kier molecular flexibility index (Phi) is 4.44. The predicted molar refractivity (Wildman–Crippen MR) is 73.5 cm³/mol. The topological polar surface area (TPSA) is 46.2 Å². The minimum absolute atomic E-state index is 0.114. The van der Waals surface area contributed by atoms with Gasteiger partial charge in [0.15, 0.2) is 9.84 Å². The molecular weight excluding hydrogens is 258 g/mol. The van der Waals surface area contributed by atoms with Gasteiger partial charge < -0.3 is 5.32 Å². The van der Waals surface area contributed by atoms with E-state index in [-0.39, 0.29) is 5.75 Å². The second-order valence-electron chi connectivity index (χ2n) is 4.87. The summed E-state index contributed by atoms with van der Waals surface area (Å²) < 4.78 is 23.0. The van der Waals surface area contributed by atoms with Crippen molar-refractivity contribution in [2.24, 2.45) is 0 Å². The summed E-state index contributed by atoms with van der Waals surface area (Å²) in [6.07, 6.45) is 0. The van der Waals surface area contributed by atoms with Crippen LogP contribution in [-0.4, -0.2) is 25.5 Å². The van der Waals surface area contributed by atoms with Crippen molar-refractivity contribution in [3.8, 4) is 0 Å². The third-order valence-electron chi connectivity index (χ3n) is 2.46. The number of rotatable bonds is 4. The summed E-state index contributed by atoms with van der Waals surface area (Å²) in [5.74, 6) is 0.114. The molecule has 0 aliphatic rings. The maximum atomic E-state index is 11.8. The van der Waals surface area contributed by atoms with Crippen LogP contribution in [0, 0.1) is 0 Å². The molecule has 1 aromatic rings. The van der Waals surface area contributed by atoms with Gasteiger partial charge >= 0.3 is 0 Å². The standard InChI is InChI=1S/C12H18ClNO2S/c1-12(2,3)17(15,16)8-7-14-11-6-4-5-10(13)9-11/h4-6,9,14H,7-8H2,1-3H3. The molecule has 0 bridgehead atoms. The van der Waals surface area contributed by atoms with E-state index < -0.39 is 14.6 Å². The minimum Gasteiger partial charge on any atom is -0.384 e. The van der Waals surface area contributed by atoms with E-state index in [4.69, 9.17) is 11.6 Å². The first-order valence-corrected chi connectivity index (χ1v) is 7.47. The van der Waals surface area contributed by atoms with Gasteiger partial charge in [-0.25, -0.2) is 8.42 Å². The van der Waals surface area contributed by atoms with Crippen molar-refractivity contribution in [2.45, 2.75) is 25.5 Å². The highest BCUT2D eigenvalue weighted by Gasteiger charge is 2.28. The van der Waals surface area contributed by atoms with Gasteiger partial charge in [-0.3, -0.25) is 0 Å². The molecule has 1 aromatic carbocycles. The van der Waals surface area contributed by atoms with Crippen LogP contribution >= 0.6 is 11.6 Å². The Morgan fingerprint density at radius 2 is 1.94 bits per heavy atom. The number of sulfone groups is 1. The van der Waals surface area contributed by atoms with Gasteiger partial charge in [-0.05, 0) is 39.0 Å². The van der Waals surface area contributed by atoms with E-state index in [2.05, 4.69) is 5.32 Å². The summed E-state index contributed by atoms with van der Waals surface area (Å²) in [5, 5.41) is 3.68. The van der Waals surface area contributed by atoms with E-state index in [0.29, 0.717) is 11.6 Å². The molecule has 96 valence electrons. The molecule has 0 spiro atoms. The maximum Gasteiger partial charge on any atom is 0.156 e. The number of benzene rings is 1. The van der Waals surface area contributed by atoms with E-state index in [1.165, 1.54) is 0 Å². The van der Waals surface area contributed by atoms with E-state index in [9.17, 15) is 8.42 Å². The second-order valence-corrected chi connectivity index (χ2v) is 8.17. The number of nitrogens with one attached hydrogen (secondary N) is 1. The van der Waals surface area contributed by atoms with Gasteiger partial charge in [0.25, 0.3) is 0 Å². The maximum absolute atomic E-state index is 11.8. The Labute approximate surface area is 108 Å². The molecule has 0 fully saturated rings. The summed E-state index contributed by atoms with van der Waals surface area (Å²) in [7, 11) is -3.07. The molecule has 1 rings (SSSR count). The first-order chi connectivity index (χ1) is 7.72. The molecule has 0 heterocycles. The molecule has 0 aromatic heterocycles. The number of anilines is 1. The molecule has 5 heteroatoms. The Balaban J connectivity index is 2.55.